The molecular formula is C16H27N3. The lowest BCUT2D eigenvalue weighted by Crippen LogP contribution is -2.43. The van der Waals surface area contributed by atoms with E-state index in [2.05, 4.69) is 40.0 Å². The first-order valence-corrected chi connectivity index (χ1v) is 7.98. The summed E-state index contributed by atoms with van der Waals surface area (Å²) >= 11 is 0. The molecule has 3 heteroatoms. The van der Waals surface area contributed by atoms with Gasteiger partial charge in [-0.1, -0.05) is 6.92 Å². The maximum atomic E-state index is 3.76. The summed E-state index contributed by atoms with van der Waals surface area (Å²) in [5, 5.41) is 3.76. The first-order chi connectivity index (χ1) is 9.36. The van der Waals surface area contributed by atoms with Crippen LogP contribution in [0.1, 0.15) is 44.7 Å². The van der Waals surface area contributed by atoms with Crippen molar-refractivity contribution >= 4 is 0 Å². The van der Waals surface area contributed by atoms with Crippen LogP contribution in [0.25, 0.3) is 0 Å². The third kappa shape index (κ3) is 3.40. The minimum Gasteiger partial charge on any atom is -0.350 e. The van der Waals surface area contributed by atoms with Gasteiger partial charge in [0, 0.05) is 37.1 Å². The molecule has 2 aliphatic rings. The summed E-state index contributed by atoms with van der Waals surface area (Å²) in [4.78, 5) is 2.69. The molecule has 0 aromatic carbocycles. The van der Waals surface area contributed by atoms with Crippen LogP contribution < -0.4 is 5.32 Å². The predicted octanol–water partition coefficient (Wildman–Crippen LogP) is 2.61. The summed E-state index contributed by atoms with van der Waals surface area (Å²) in [6.45, 7) is 7.02. The lowest BCUT2D eigenvalue weighted by atomic mass is 10.0. The molecule has 1 aromatic rings. The highest BCUT2D eigenvalue weighted by molar-refractivity contribution is 5.07. The van der Waals surface area contributed by atoms with Gasteiger partial charge >= 0.3 is 0 Å². The molecule has 1 saturated carbocycles. The van der Waals surface area contributed by atoms with Crippen molar-refractivity contribution in [1.29, 1.82) is 0 Å². The maximum absolute atomic E-state index is 3.76. The van der Waals surface area contributed by atoms with Gasteiger partial charge in [0.15, 0.2) is 0 Å². The topological polar surface area (TPSA) is 20.2 Å². The number of aromatic nitrogens is 1. The van der Waals surface area contributed by atoms with Crippen LogP contribution in [-0.2, 0) is 13.1 Å². The van der Waals surface area contributed by atoms with Crippen molar-refractivity contribution in [2.24, 2.45) is 0 Å². The molecule has 0 unspecified atom stereocenters. The van der Waals surface area contributed by atoms with E-state index in [0.717, 1.165) is 25.2 Å². The van der Waals surface area contributed by atoms with Gasteiger partial charge in [-0.2, -0.15) is 0 Å². The summed E-state index contributed by atoms with van der Waals surface area (Å²) in [6, 6.07) is 6.09. The molecule has 3 nitrogen and oxygen atoms in total. The molecule has 0 bridgehead atoms. The third-order valence-corrected chi connectivity index (χ3v) is 4.55. The Kier molecular flexibility index (Phi) is 4.24. The number of rotatable bonds is 6. The van der Waals surface area contributed by atoms with Crippen LogP contribution in [0, 0.1) is 0 Å². The number of hydrogen-bond donors (Lipinski definition) is 1. The van der Waals surface area contributed by atoms with Gasteiger partial charge in [0.25, 0.3) is 0 Å². The molecule has 19 heavy (non-hydrogen) atoms. The van der Waals surface area contributed by atoms with E-state index in [1.54, 1.807) is 0 Å². The second kappa shape index (κ2) is 6.10. The Morgan fingerprint density at radius 3 is 2.68 bits per heavy atom. The zero-order valence-electron chi connectivity index (χ0n) is 12.1. The quantitative estimate of drug-likeness (QED) is 0.849. The zero-order chi connectivity index (χ0) is 13.1. The van der Waals surface area contributed by atoms with E-state index in [1.807, 2.05) is 0 Å². The van der Waals surface area contributed by atoms with E-state index in [4.69, 9.17) is 0 Å². The Morgan fingerprint density at radius 2 is 2.00 bits per heavy atom. The second-order valence-electron chi connectivity index (χ2n) is 6.12. The highest BCUT2D eigenvalue weighted by Crippen LogP contribution is 2.29. The highest BCUT2D eigenvalue weighted by atomic mass is 15.2. The molecule has 1 aromatic heterocycles. The number of likely N-dealkylation sites (tertiary alicyclic amines) is 1. The normalized spacial score (nSPS) is 21.9. The average molecular weight is 261 g/mol. The number of hydrogen-bond acceptors (Lipinski definition) is 2. The van der Waals surface area contributed by atoms with Crippen LogP contribution in [0.4, 0.5) is 0 Å². The van der Waals surface area contributed by atoms with Crippen molar-refractivity contribution in [1.82, 2.24) is 14.8 Å². The Bertz CT molecular complexity index is 386. The Morgan fingerprint density at radius 1 is 1.21 bits per heavy atom. The molecule has 2 fully saturated rings. The summed E-state index contributed by atoms with van der Waals surface area (Å²) in [6.07, 6.45) is 8.96. The minimum atomic E-state index is 0.722. The highest BCUT2D eigenvalue weighted by Gasteiger charge is 2.31. The molecule has 106 valence electrons. The van der Waals surface area contributed by atoms with E-state index in [1.165, 1.54) is 50.9 Å². The first-order valence-electron chi connectivity index (χ1n) is 7.98. The van der Waals surface area contributed by atoms with Crippen molar-refractivity contribution in [3.63, 3.8) is 0 Å². The number of nitrogens with zero attached hydrogens (tertiary/aromatic N) is 2. The summed E-state index contributed by atoms with van der Waals surface area (Å²) in [5.74, 6) is 0. The molecule has 2 heterocycles. The molecule has 1 N–H and O–H groups in total. The molecule has 0 radical (unpaired) electrons. The van der Waals surface area contributed by atoms with E-state index in [-0.39, 0.29) is 0 Å². The average Bonchev–Trinajstić information content (AvgIpc) is 3.19. The van der Waals surface area contributed by atoms with Gasteiger partial charge in [0.05, 0.1) is 0 Å². The smallest absolute Gasteiger partial charge is 0.0361 e. The van der Waals surface area contributed by atoms with Gasteiger partial charge in [-0.25, -0.2) is 0 Å². The lowest BCUT2D eigenvalue weighted by molar-refractivity contribution is 0.188. The van der Waals surface area contributed by atoms with Crippen LogP contribution in [0.15, 0.2) is 18.3 Å². The monoisotopic (exact) mass is 261 g/mol. The first kappa shape index (κ1) is 13.2. The van der Waals surface area contributed by atoms with Gasteiger partial charge in [0.2, 0.25) is 0 Å². The third-order valence-electron chi connectivity index (χ3n) is 4.55. The van der Waals surface area contributed by atoms with E-state index in [0.29, 0.717) is 0 Å². The van der Waals surface area contributed by atoms with Crippen molar-refractivity contribution in [3.8, 4) is 0 Å². The summed E-state index contributed by atoms with van der Waals surface area (Å²) in [7, 11) is 0. The zero-order valence-corrected chi connectivity index (χ0v) is 12.1. The Hall–Kier alpha value is -0.800. The van der Waals surface area contributed by atoms with Crippen LogP contribution in [0.2, 0.25) is 0 Å². The van der Waals surface area contributed by atoms with Gasteiger partial charge in [0.1, 0.15) is 0 Å². The summed E-state index contributed by atoms with van der Waals surface area (Å²) < 4.78 is 2.38. The number of nitrogens with one attached hydrogen (secondary N) is 1. The minimum absolute atomic E-state index is 0.722. The molecule has 0 spiro atoms. The Balaban J connectivity index is 1.43. The number of aryl methyl sites for hydroxylation is 1. The standard InChI is InChI=1S/C16H27N3/c1-2-9-18-10-3-4-16(18)13-17-14-7-11-19(12-8-14)15-5-6-15/h3-4,10,14-15,17H,2,5-9,11-13H2,1H3. The van der Waals surface area contributed by atoms with Crippen LogP contribution >= 0.6 is 0 Å². The summed E-state index contributed by atoms with van der Waals surface area (Å²) in [5.41, 5.74) is 1.44. The maximum Gasteiger partial charge on any atom is 0.0361 e. The fourth-order valence-corrected chi connectivity index (χ4v) is 3.23. The van der Waals surface area contributed by atoms with Crippen LogP contribution in [0.5, 0.6) is 0 Å². The van der Waals surface area contributed by atoms with Crippen molar-refractivity contribution < 1.29 is 0 Å². The molecule has 3 rings (SSSR count). The number of piperidine rings is 1. The fourth-order valence-electron chi connectivity index (χ4n) is 3.23. The Labute approximate surface area is 117 Å². The molecule has 1 aliphatic heterocycles. The SMILES string of the molecule is CCCn1cccc1CNC1CCN(C2CC2)CC1. The van der Waals surface area contributed by atoms with Crippen LogP contribution in [0.3, 0.4) is 0 Å². The van der Waals surface area contributed by atoms with E-state index >= 15 is 0 Å². The predicted molar refractivity (Wildman–Crippen MR) is 79.2 cm³/mol. The van der Waals surface area contributed by atoms with Crippen LogP contribution in [-0.4, -0.2) is 34.6 Å². The molecule has 0 atom stereocenters. The van der Waals surface area contributed by atoms with Gasteiger partial charge in [-0.3, -0.25) is 0 Å². The van der Waals surface area contributed by atoms with Gasteiger partial charge < -0.3 is 14.8 Å². The van der Waals surface area contributed by atoms with E-state index in [9.17, 15) is 0 Å². The van der Waals surface area contributed by atoms with Gasteiger partial charge in [-0.05, 0) is 57.3 Å². The van der Waals surface area contributed by atoms with Crippen molar-refractivity contribution in [2.45, 2.75) is 64.2 Å². The molecule has 1 aliphatic carbocycles. The van der Waals surface area contributed by atoms with E-state index < -0.39 is 0 Å². The largest absolute Gasteiger partial charge is 0.350 e. The molecule has 1 saturated heterocycles. The second-order valence-corrected chi connectivity index (χ2v) is 6.12. The molecule has 0 amide bonds. The van der Waals surface area contributed by atoms with Gasteiger partial charge in [-0.15, -0.1) is 0 Å². The lowest BCUT2D eigenvalue weighted by Gasteiger charge is -2.32. The fraction of sp³-hybridized carbons (Fsp3) is 0.750. The molecular weight excluding hydrogens is 234 g/mol. The van der Waals surface area contributed by atoms with Crippen molar-refractivity contribution in [3.05, 3.63) is 24.0 Å². The van der Waals surface area contributed by atoms with Crippen molar-refractivity contribution in [2.75, 3.05) is 13.1 Å².